The molecule has 2 heterocycles. The molecular weight excluding hydrogens is 258 g/mol. The van der Waals surface area contributed by atoms with E-state index in [2.05, 4.69) is 64.3 Å². The Balaban J connectivity index is 1.73. The first-order valence-corrected chi connectivity index (χ1v) is 8.10. The fraction of sp³-hybridized carbons (Fsp3) is 0.444. The summed E-state index contributed by atoms with van der Waals surface area (Å²) >= 11 is 0. The second kappa shape index (κ2) is 6.70. The smallest absolute Gasteiger partial charge is 0.0602 e. The maximum Gasteiger partial charge on any atom is 0.0602 e. The number of hydrogen-bond donors (Lipinski definition) is 1. The number of para-hydroxylation sites is 2. The van der Waals surface area contributed by atoms with Crippen molar-refractivity contribution < 1.29 is 0 Å². The first kappa shape index (κ1) is 14.1. The number of aryl methyl sites for hydroxylation is 1. The molecule has 1 saturated heterocycles. The largest absolute Gasteiger partial charge is 0.378 e. The predicted octanol–water partition coefficient (Wildman–Crippen LogP) is 4.11. The molecule has 0 radical (unpaired) electrons. The maximum atomic E-state index is 3.63. The van der Waals surface area contributed by atoms with Gasteiger partial charge in [-0.15, -0.1) is 0 Å². The topological polar surface area (TPSA) is 20.2 Å². The number of rotatable bonds is 5. The van der Waals surface area contributed by atoms with E-state index in [4.69, 9.17) is 0 Å². The molecule has 1 aromatic heterocycles. The Labute approximate surface area is 127 Å². The average Bonchev–Trinajstić information content (AvgIpc) is 3.01. The second-order valence-electron chi connectivity index (χ2n) is 5.70. The number of nitrogens with one attached hydrogen (secondary N) is 1. The highest BCUT2D eigenvalue weighted by Crippen LogP contribution is 2.28. The highest BCUT2D eigenvalue weighted by molar-refractivity contribution is 5.70. The van der Waals surface area contributed by atoms with E-state index in [1.54, 1.807) is 0 Å². The minimum absolute atomic E-state index is 0.881. The van der Waals surface area contributed by atoms with Crippen molar-refractivity contribution >= 4 is 11.4 Å². The van der Waals surface area contributed by atoms with Crippen molar-refractivity contribution in [3.05, 3.63) is 48.3 Å². The standard InChI is InChI=1S/C18H25N3/c1-2-20-14-8-9-16(20)15-19-17-10-4-5-11-18(17)21-12-6-3-7-13-21/h4-5,8-11,14,19H,2-3,6-7,12-13,15H2,1H3. The summed E-state index contributed by atoms with van der Waals surface area (Å²) in [5.74, 6) is 0. The first-order chi connectivity index (χ1) is 10.4. The van der Waals surface area contributed by atoms with Gasteiger partial charge in [-0.05, 0) is 50.5 Å². The fourth-order valence-corrected chi connectivity index (χ4v) is 3.14. The highest BCUT2D eigenvalue weighted by Gasteiger charge is 2.14. The Morgan fingerprint density at radius 1 is 1.00 bits per heavy atom. The van der Waals surface area contributed by atoms with Crippen LogP contribution in [0.4, 0.5) is 11.4 Å². The Morgan fingerprint density at radius 3 is 2.62 bits per heavy atom. The number of anilines is 2. The molecule has 0 aliphatic carbocycles. The van der Waals surface area contributed by atoms with E-state index < -0.39 is 0 Å². The van der Waals surface area contributed by atoms with Gasteiger partial charge in [-0.2, -0.15) is 0 Å². The third-order valence-corrected chi connectivity index (χ3v) is 4.32. The molecule has 2 aromatic rings. The molecule has 1 aromatic carbocycles. The SMILES string of the molecule is CCn1cccc1CNc1ccccc1N1CCCCC1. The Morgan fingerprint density at radius 2 is 1.81 bits per heavy atom. The summed E-state index contributed by atoms with van der Waals surface area (Å²) in [4.78, 5) is 2.52. The summed E-state index contributed by atoms with van der Waals surface area (Å²) in [5.41, 5.74) is 3.95. The summed E-state index contributed by atoms with van der Waals surface area (Å²) in [7, 11) is 0. The number of aromatic nitrogens is 1. The lowest BCUT2D eigenvalue weighted by Crippen LogP contribution is -2.30. The number of piperidine rings is 1. The molecule has 3 heteroatoms. The first-order valence-electron chi connectivity index (χ1n) is 8.10. The van der Waals surface area contributed by atoms with Gasteiger partial charge in [-0.3, -0.25) is 0 Å². The van der Waals surface area contributed by atoms with Gasteiger partial charge >= 0.3 is 0 Å². The molecule has 0 atom stereocenters. The van der Waals surface area contributed by atoms with E-state index in [9.17, 15) is 0 Å². The van der Waals surface area contributed by atoms with Crippen LogP contribution in [0.2, 0.25) is 0 Å². The molecule has 1 aliphatic rings. The van der Waals surface area contributed by atoms with Crippen LogP contribution in [-0.2, 0) is 13.1 Å². The van der Waals surface area contributed by atoms with E-state index in [0.29, 0.717) is 0 Å². The number of nitrogens with zero attached hydrogens (tertiary/aromatic N) is 2. The molecule has 0 saturated carbocycles. The zero-order valence-corrected chi connectivity index (χ0v) is 12.9. The van der Waals surface area contributed by atoms with E-state index >= 15 is 0 Å². The predicted molar refractivity (Wildman–Crippen MR) is 89.9 cm³/mol. The van der Waals surface area contributed by atoms with E-state index in [1.807, 2.05) is 0 Å². The molecule has 0 spiro atoms. The van der Waals surface area contributed by atoms with Gasteiger partial charge in [0.15, 0.2) is 0 Å². The van der Waals surface area contributed by atoms with Crippen molar-refractivity contribution in [2.75, 3.05) is 23.3 Å². The van der Waals surface area contributed by atoms with Crippen molar-refractivity contribution in [3.63, 3.8) is 0 Å². The lowest BCUT2D eigenvalue weighted by Gasteiger charge is -2.30. The van der Waals surface area contributed by atoms with Crippen LogP contribution in [0.3, 0.4) is 0 Å². The molecule has 3 rings (SSSR count). The number of hydrogen-bond acceptors (Lipinski definition) is 2. The molecule has 0 bridgehead atoms. The summed E-state index contributed by atoms with van der Waals surface area (Å²) in [6.07, 6.45) is 6.14. The van der Waals surface area contributed by atoms with E-state index in [0.717, 1.165) is 13.1 Å². The fourth-order valence-electron chi connectivity index (χ4n) is 3.14. The molecule has 0 unspecified atom stereocenters. The van der Waals surface area contributed by atoms with Crippen LogP contribution in [0.15, 0.2) is 42.6 Å². The average molecular weight is 283 g/mol. The zero-order chi connectivity index (χ0) is 14.5. The third kappa shape index (κ3) is 3.23. The minimum Gasteiger partial charge on any atom is -0.378 e. The lowest BCUT2D eigenvalue weighted by molar-refractivity contribution is 0.578. The van der Waals surface area contributed by atoms with Crippen molar-refractivity contribution in [2.45, 2.75) is 39.3 Å². The second-order valence-corrected chi connectivity index (χ2v) is 5.70. The monoisotopic (exact) mass is 283 g/mol. The van der Waals surface area contributed by atoms with Crippen molar-refractivity contribution in [2.24, 2.45) is 0 Å². The summed E-state index contributed by atoms with van der Waals surface area (Å²) in [6, 6.07) is 13.0. The van der Waals surface area contributed by atoms with E-state index in [1.165, 1.54) is 49.4 Å². The molecule has 1 fully saturated rings. The van der Waals surface area contributed by atoms with Gasteiger partial charge in [0.25, 0.3) is 0 Å². The quantitative estimate of drug-likeness (QED) is 0.891. The van der Waals surface area contributed by atoms with Crippen molar-refractivity contribution in [1.82, 2.24) is 4.57 Å². The molecule has 21 heavy (non-hydrogen) atoms. The van der Waals surface area contributed by atoms with Crippen LogP contribution in [0.1, 0.15) is 31.9 Å². The molecule has 112 valence electrons. The van der Waals surface area contributed by atoms with Gasteiger partial charge in [-0.1, -0.05) is 12.1 Å². The van der Waals surface area contributed by atoms with Crippen LogP contribution >= 0.6 is 0 Å². The minimum atomic E-state index is 0.881. The summed E-state index contributed by atoms with van der Waals surface area (Å²) in [6.45, 7) is 6.46. The van der Waals surface area contributed by atoms with Gasteiger partial charge in [0.2, 0.25) is 0 Å². The Kier molecular flexibility index (Phi) is 4.49. The van der Waals surface area contributed by atoms with Crippen LogP contribution in [0, 0.1) is 0 Å². The normalized spacial score (nSPS) is 15.2. The highest BCUT2D eigenvalue weighted by atomic mass is 15.1. The molecule has 0 amide bonds. The molecular formula is C18H25N3. The Bertz CT molecular complexity index is 567. The van der Waals surface area contributed by atoms with Gasteiger partial charge in [0, 0.05) is 31.5 Å². The van der Waals surface area contributed by atoms with Crippen LogP contribution < -0.4 is 10.2 Å². The number of benzene rings is 1. The van der Waals surface area contributed by atoms with Crippen molar-refractivity contribution in [3.8, 4) is 0 Å². The van der Waals surface area contributed by atoms with Gasteiger partial charge in [0.05, 0.1) is 17.9 Å². The molecule has 1 N–H and O–H groups in total. The van der Waals surface area contributed by atoms with Crippen LogP contribution in [0.25, 0.3) is 0 Å². The zero-order valence-electron chi connectivity index (χ0n) is 12.9. The van der Waals surface area contributed by atoms with Gasteiger partial charge in [0.1, 0.15) is 0 Å². The molecule has 1 aliphatic heterocycles. The molecule has 3 nitrogen and oxygen atoms in total. The van der Waals surface area contributed by atoms with Gasteiger partial charge in [-0.25, -0.2) is 0 Å². The van der Waals surface area contributed by atoms with Gasteiger partial charge < -0.3 is 14.8 Å². The third-order valence-electron chi connectivity index (χ3n) is 4.32. The van der Waals surface area contributed by atoms with Crippen molar-refractivity contribution in [1.29, 1.82) is 0 Å². The lowest BCUT2D eigenvalue weighted by atomic mass is 10.1. The van der Waals surface area contributed by atoms with Crippen LogP contribution in [0.5, 0.6) is 0 Å². The Hall–Kier alpha value is -1.90. The summed E-state index contributed by atoms with van der Waals surface area (Å²) in [5, 5.41) is 3.63. The maximum absolute atomic E-state index is 3.63. The van der Waals surface area contributed by atoms with E-state index in [-0.39, 0.29) is 0 Å². The summed E-state index contributed by atoms with van der Waals surface area (Å²) < 4.78 is 2.29. The van der Waals surface area contributed by atoms with Crippen LogP contribution in [-0.4, -0.2) is 17.7 Å².